The number of aryl methyl sites for hydroxylation is 1. The highest BCUT2D eigenvalue weighted by molar-refractivity contribution is 7.98. The Morgan fingerprint density at radius 3 is 2.45 bits per heavy atom. The van der Waals surface area contributed by atoms with Gasteiger partial charge >= 0.3 is 23.4 Å². The Morgan fingerprint density at radius 2 is 1.87 bits per heavy atom. The van der Waals surface area contributed by atoms with Gasteiger partial charge in [-0.3, -0.25) is 14.9 Å². The zero-order valence-corrected chi connectivity index (χ0v) is 18.5. The van der Waals surface area contributed by atoms with Crippen molar-refractivity contribution < 1.29 is 28.7 Å². The highest BCUT2D eigenvalue weighted by Crippen LogP contribution is 2.38. The van der Waals surface area contributed by atoms with E-state index >= 15 is 0 Å². The van der Waals surface area contributed by atoms with Gasteiger partial charge in [0.05, 0.1) is 11.5 Å². The molecule has 1 amide bonds. The Kier molecular flexibility index (Phi) is 8.14. The van der Waals surface area contributed by atoms with Crippen molar-refractivity contribution in [2.45, 2.75) is 19.0 Å². The van der Waals surface area contributed by atoms with E-state index in [1.807, 2.05) is 0 Å². The standard InChI is InChI=1S/C19H22N4O7S/c1-6-28-14(24)10-29-16-15(23(26)27)17(21-19(20-16)31-5)30-13-8-11(2)7-12(9-13)18(25)22(3)4/h7-9H,6,10H2,1-5H3. The Balaban J connectivity index is 2.48. The Morgan fingerprint density at radius 1 is 1.19 bits per heavy atom. The van der Waals surface area contributed by atoms with Gasteiger partial charge in [0.15, 0.2) is 11.8 Å². The second-order valence-corrected chi connectivity index (χ2v) is 7.13. The van der Waals surface area contributed by atoms with E-state index in [9.17, 15) is 19.7 Å². The van der Waals surface area contributed by atoms with Crippen LogP contribution < -0.4 is 9.47 Å². The number of esters is 1. The lowest BCUT2D eigenvalue weighted by Crippen LogP contribution is -2.21. The number of thioether (sulfide) groups is 1. The lowest BCUT2D eigenvalue weighted by Gasteiger charge is -2.13. The van der Waals surface area contributed by atoms with E-state index in [0.29, 0.717) is 11.1 Å². The number of amides is 1. The summed E-state index contributed by atoms with van der Waals surface area (Å²) in [5, 5.41) is 11.9. The molecule has 0 spiro atoms. The fraction of sp³-hybridized carbons (Fsp3) is 0.368. The molecule has 2 rings (SSSR count). The average molecular weight is 450 g/mol. The molecule has 0 saturated carbocycles. The Labute approximate surface area is 182 Å². The first-order chi connectivity index (χ1) is 14.7. The zero-order valence-electron chi connectivity index (χ0n) is 17.7. The molecule has 0 aliphatic heterocycles. The molecule has 1 aromatic carbocycles. The normalized spacial score (nSPS) is 10.4. The van der Waals surface area contributed by atoms with Gasteiger partial charge < -0.3 is 19.1 Å². The summed E-state index contributed by atoms with van der Waals surface area (Å²) in [6, 6.07) is 4.74. The molecular weight excluding hydrogens is 428 g/mol. The van der Waals surface area contributed by atoms with Gasteiger partial charge in [0.1, 0.15) is 5.75 Å². The summed E-state index contributed by atoms with van der Waals surface area (Å²) < 4.78 is 15.7. The number of hydrogen-bond donors (Lipinski definition) is 0. The van der Waals surface area contributed by atoms with Crippen LogP contribution in [-0.4, -0.2) is 65.2 Å². The van der Waals surface area contributed by atoms with Crippen LogP contribution in [0.15, 0.2) is 23.4 Å². The highest BCUT2D eigenvalue weighted by Gasteiger charge is 2.29. The molecule has 2 aromatic rings. The summed E-state index contributed by atoms with van der Waals surface area (Å²) in [6.45, 7) is 2.96. The number of hydrogen-bond acceptors (Lipinski definition) is 10. The third-order valence-electron chi connectivity index (χ3n) is 3.72. The lowest BCUT2D eigenvalue weighted by atomic mass is 10.1. The van der Waals surface area contributed by atoms with E-state index in [0.717, 1.165) is 11.8 Å². The molecule has 0 unspecified atom stereocenters. The number of nitro groups is 1. The summed E-state index contributed by atoms with van der Waals surface area (Å²) in [6.07, 6.45) is 1.67. The van der Waals surface area contributed by atoms with Crippen LogP contribution in [0.3, 0.4) is 0 Å². The van der Waals surface area contributed by atoms with Crippen molar-refractivity contribution in [3.05, 3.63) is 39.4 Å². The minimum absolute atomic E-state index is 0.136. The van der Waals surface area contributed by atoms with Crippen LogP contribution in [0, 0.1) is 17.0 Å². The third-order valence-corrected chi connectivity index (χ3v) is 4.26. The van der Waals surface area contributed by atoms with Crippen molar-refractivity contribution in [3.8, 4) is 17.5 Å². The number of aromatic nitrogens is 2. The summed E-state index contributed by atoms with van der Waals surface area (Å²) >= 11 is 1.11. The monoisotopic (exact) mass is 450 g/mol. The summed E-state index contributed by atoms with van der Waals surface area (Å²) in [4.78, 5) is 44.3. The molecule has 0 aliphatic rings. The molecule has 0 aliphatic carbocycles. The topological polar surface area (TPSA) is 134 Å². The molecule has 1 aromatic heterocycles. The van der Waals surface area contributed by atoms with Crippen LogP contribution in [0.4, 0.5) is 5.69 Å². The molecule has 1 heterocycles. The number of rotatable bonds is 9. The lowest BCUT2D eigenvalue weighted by molar-refractivity contribution is -0.387. The minimum Gasteiger partial charge on any atom is -0.463 e. The molecule has 12 heteroatoms. The fourth-order valence-electron chi connectivity index (χ4n) is 2.45. The number of carbonyl (C=O) groups excluding carboxylic acids is 2. The van der Waals surface area contributed by atoms with Crippen LogP contribution in [-0.2, 0) is 9.53 Å². The highest BCUT2D eigenvalue weighted by atomic mass is 32.2. The van der Waals surface area contributed by atoms with Crippen molar-refractivity contribution in [2.75, 3.05) is 33.6 Å². The van der Waals surface area contributed by atoms with Crippen LogP contribution in [0.25, 0.3) is 0 Å². The van der Waals surface area contributed by atoms with E-state index in [4.69, 9.17) is 14.2 Å². The molecule has 0 N–H and O–H groups in total. The molecule has 0 radical (unpaired) electrons. The second-order valence-electron chi connectivity index (χ2n) is 6.36. The van der Waals surface area contributed by atoms with E-state index in [2.05, 4.69) is 9.97 Å². The van der Waals surface area contributed by atoms with Gasteiger partial charge in [-0.1, -0.05) is 11.8 Å². The van der Waals surface area contributed by atoms with Gasteiger partial charge in [-0.25, -0.2) is 4.79 Å². The number of benzene rings is 1. The molecule has 31 heavy (non-hydrogen) atoms. The SMILES string of the molecule is CCOC(=O)COc1nc(SC)nc(Oc2cc(C)cc(C(=O)N(C)C)c2)c1[N+](=O)[O-]. The van der Waals surface area contributed by atoms with Crippen LogP contribution in [0.5, 0.6) is 17.5 Å². The smallest absolute Gasteiger partial charge is 0.392 e. The van der Waals surface area contributed by atoms with Gasteiger partial charge in [-0.2, -0.15) is 9.97 Å². The molecule has 0 fully saturated rings. The van der Waals surface area contributed by atoms with Crippen LogP contribution in [0.1, 0.15) is 22.8 Å². The summed E-state index contributed by atoms with van der Waals surface area (Å²) in [5.74, 6) is -1.58. The van der Waals surface area contributed by atoms with Gasteiger partial charge in [-0.05, 0) is 43.9 Å². The van der Waals surface area contributed by atoms with E-state index < -0.39 is 29.1 Å². The average Bonchev–Trinajstić information content (AvgIpc) is 2.70. The van der Waals surface area contributed by atoms with E-state index in [-0.39, 0.29) is 29.3 Å². The number of nitrogens with zero attached hydrogens (tertiary/aromatic N) is 4. The molecule has 0 atom stereocenters. The van der Waals surface area contributed by atoms with Crippen molar-refractivity contribution in [3.63, 3.8) is 0 Å². The van der Waals surface area contributed by atoms with Gasteiger partial charge in [0, 0.05) is 19.7 Å². The maximum Gasteiger partial charge on any atom is 0.392 e. The molecule has 11 nitrogen and oxygen atoms in total. The predicted octanol–water partition coefficient (Wildman–Crippen LogP) is 2.85. The largest absolute Gasteiger partial charge is 0.463 e. The zero-order chi connectivity index (χ0) is 23.1. The number of carbonyl (C=O) groups is 2. The van der Waals surface area contributed by atoms with Crippen molar-refractivity contribution in [1.29, 1.82) is 0 Å². The second kappa shape index (κ2) is 10.6. The predicted molar refractivity (Wildman–Crippen MR) is 112 cm³/mol. The van der Waals surface area contributed by atoms with Crippen LogP contribution in [0.2, 0.25) is 0 Å². The summed E-state index contributed by atoms with van der Waals surface area (Å²) in [5.41, 5.74) is 0.410. The number of ether oxygens (including phenoxy) is 3. The first-order valence-electron chi connectivity index (χ1n) is 9.06. The first kappa shape index (κ1) is 23.9. The van der Waals surface area contributed by atoms with E-state index in [1.54, 1.807) is 46.3 Å². The van der Waals surface area contributed by atoms with Gasteiger partial charge in [0.2, 0.25) is 0 Å². The molecule has 0 bridgehead atoms. The van der Waals surface area contributed by atoms with Crippen molar-refractivity contribution >= 4 is 29.3 Å². The fourth-order valence-corrected chi connectivity index (χ4v) is 2.79. The maximum absolute atomic E-state index is 12.3. The molecule has 0 saturated heterocycles. The van der Waals surface area contributed by atoms with Gasteiger partial charge in [0.25, 0.3) is 5.91 Å². The molecular formula is C19H22N4O7S. The Hall–Kier alpha value is -3.41. The van der Waals surface area contributed by atoms with Crippen molar-refractivity contribution in [2.24, 2.45) is 0 Å². The van der Waals surface area contributed by atoms with Crippen molar-refractivity contribution in [1.82, 2.24) is 14.9 Å². The first-order valence-corrected chi connectivity index (χ1v) is 10.3. The van der Waals surface area contributed by atoms with E-state index in [1.165, 1.54) is 11.0 Å². The van der Waals surface area contributed by atoms with Crippen LogP contribution >= 0.6 is 11.8 Å². The minimum atomic E-state index is -0.762. The Bertz CT molecular complexity index is 997. The maximum atomic E-state index is 12.3. The molecule has 166 valence electrons. The quantitative estimate of drug-likeness (QED) is 0.184. The summed E-state index contributed by atoms with van der Waals surface area (Å²) in [7, 11) is 3.22. The van der Waals surface area contributed by atoms with Gasteiger partial charge in [-0.15, -0.1) is 0 Å². The third kappa shape index (κ3) is 6.28.